The Labute approximate surface area is 156 Å². The van der Waals surface area contributed by atoms with E-state index >= 15 is 0 Å². The van der Waals surface area contributed by atoms with Crippen LogP contribution in [0.15, 0.2) is 24.3 Å². The fourth-order valence-corrected chi connectivity index (χ4v) is 3.88. The van der Waals surface area contributed by atoms with E-state index in [1.54, 1.807) is 0 Å². The number of nitrogen functional groups attached to an aromatic ring is 1. The Balaban J connectivity index is 2.25. The molecule has 1 heterocycles. The molecule has 1 aliphatic rings. The lowest BCUT2D eigenvalue weighted by Crippen LogP contribution is -2.28. The number of rotatable bonds is 3. The van der Waals surface area contributed by atoms with Crippen LogP contribution in [-0.2, 0) is 12.8 Å². The molecular formula is C22H27N3O. The third kappa shape index (κ3) is 3.26. The average Bonchev–Trinajstić information content (AvgIpc) is 2.60. The zero-order valence-electron chi connectivity index (χ0n) is 16.1. The van der Waals surface area contributed by atoms with Crippen molar-refractivity contribution in [1.29, 1.82) is 5.26 Å². The summed E-state index contributed by atoms with van der Waals surface area (Å²) in [6.45, 7) is 9.39. The van der Waals surface area contributed by atoms with Gasteiger partial charge in [0.2, 0.25) is 0 Å². The molecule has 136 valence electrons. The number of aryl methyl sites for hydroxylation is 1. The van der Waals surface area contributed by atoms with E-state index in [1.165, 1.54) is 0 Å². The van der Waals surface area contributed by atoms with Crippen LogP contribution in [0.5, 0.6) is 5.75 Å². The molecule has 0 saturated heterocycles. The third-order valence-electron chi connectivity index (χ3n) is 5.38. The summed E-state index contributed by atoms with van der Waals surface area (Å²) in [5.41, 5.74) is 10.9. The zero-order valence-corrected chi connectivity index (χ0v) is 16.1. The maximum atomic E-state index is 9.80. The molecule has 3 rings (SSSR count). The predicted octanol–water partition coefficient (Wildman–Crippen LogP) is 4.75. The fraction of sp³-hybridized carbons (Fsp3) is 0.455. The van der Waals surface area contributed by atoms with Crippen LogP contribution in [0.2, 0.25) is 0 Å². The van der Waals surface area contributed by atoms with E-state index in [9.17, 15) is 5.26 Å². The Morgan fingerprint density at radius 2 is 2.04 bits per heavy atom. The van der Waals surface area contributed by atoms with Gasteiger partial charge in [-0.2, -0.15) is 5.26 Å². The molecule has 1 aromatic heterocycles. The molecule has 2 N–H and O–H groups in total. The summed E-state index contributed by atoms with van der Waals surface area (Å²) in [6.07, 6.45) is 2.91. The lowest BCUT2D eigenvalue weighted by atomic mass is 9.70. The summed E-state index contributed by atoms with van der Waals surface area (Å²) >= 11 is 0. The summed E-state index contributed by atoms with van der Waals surface area (Å²) in [5.74, 6) is 1.66. The van der Waals surface area contributed by atoms with Crippen LogP contribution >= 0.6 is 0 Å². The molecule has 26 heavy (non-hydrogen) atoms. The highest BCUT2D eigenvalue weighted by molar-refractivity contribution is 5.82. The number of fused-ring (bicyclic) bond motifs is 1. The number of nitrogens with zero attached hydrogens (tertiary/aromatic N) is 2. The van der Waals surface area contributed by atoms with Crippen LogP contribution in [0, 0.1) is 22.7 Å². The Morgan fingerprint density at radius 1 is 1.31 bits per heavy atom. The molecule has 0 amide bonds. The minimum atomic E-state index is 0.211. The first kappa shape index (κ1) is 18.3. The van der Waals surface area contributed by atoms with Crippen LogP contribution in [0.4, 0.5) is 5.82 Å². The van der Waals surface area contributed by atoms with E-state index in [0.29, 0.717) is 23.9 Å². The number of pyridine rings is 1. The van der Waals surface area contributed by atoms with Gasteiger partial charge in [0.15, 0.2) is 0 Å². The molecule has 0 aliphatic heterocycles. The molecule has 1 aliphatic carbocycles. The van der Waals surface area contributed by atoms with E-state index in [1.807, 2.05) is 31.2 Å². The Kier molecular flexibility index (Phi) is 4.91. The molecule has 1 aromatic carbocycles. The van der Waals surface area contributed by atoms with Crippen molar-refractivity contribution in [2.45, 2.75) is 47.0 Å². The number of nitrogens with two attached hydrogens (primary N) is 1. The fourth-order valence-electron chi connectivity index (χ4n) is 3.88. The molecule has 1 atom stereocenters. The predicted molar refractivity (Wildman–Crippen MR) is 105 cm³/mol. The van der Waals surface area contributed by atoms with E-state index in [2.05, 4.69) is 31.8 Å². The van der Waals surface area contributed by atoms with E-state index in [4.69, 9.17) is 10.5 Å². The summed E-state index contributed by atoms with van der Waals surface area (Å²) in [5, 5.41) is 9.80. The van der Waals surface area contributed by atoms with Crippen LogP contribution in [0.1, 0.15) is 50.9 Å². The third-order valence-corrected chi connectivity index (χ3v) is 5.38. The van der Waals surface area contributed by atoms with Gasteiger partial charge in [0.1, 0.15) is 23.2 Å². The Hall–Kier alpha value is -2.54. The highest BCUT2D eigenvalue weighted by Crippen LogP contribution is 2.44. The van der Waals surface area contributed by atoms with E-state index < -0.39 is 0 Å². The monoisotopic (exact) mass is 349 g/mol. The van der Waals surface area contributed by atoms with Gasteiger partial charge in [0, 0.05) is 16.8 Å². The van der Waals surface area contributed by atoms with Gasteiger partial charge in [-0.25, -0.2) is 4.98 Å². The number of nitriles is 1. The summed E-state index contributed by atoms with van der Waals surface area (Å²) in [7, 11) is 0. The summed E-state index contributed by atoms with van der Waals surface area (Å²) in [6, 6.07) is 10.2. The molecule has 0 spiro atoms. The number of para-hydroxylation sites is 1. The number of ether oxygens (including phenoxy) is 1. The SMILES string of the molecule is CCOc1ccccc1-c1c(C#N)c(N)nc2c1CC(C(C)(C)C)CC2. The number of aromatic nitrogens is 1. The maximum absolute atomic E-state index is 9.80. The summed E-state index contributed by atoms with van der Waals surface area (Å²) < 4.78 is 5.85. The largest absolute Gasteiger partial charge is 0.493 e. The first-order chi connectivity index (χ1) is 12.4. The number of benzene rings is 1. The molecule has 0 saturated carbocycles. The molecule has 0 bridgehead atoms. The minimum absolute atomic E-state index is 0.211. The number of hydrogen-bond acceptors (Lipinski definition) is 4. The highest BCUT2D eigenvalue weighted by atomic mass is 16.5. The van der Waals surface area contributed by atoms with Crippen LogP contribution in [-0.4, -0.2) is 11.6 Å². The second-order valence-corrected chi connectivity index (χ2v) is 8.02. The van der Waals surface area contributed by atoms with Crippen LogP contribution < -0.4 is 10.5 Å². The van der Waals surface area contributed by atoms with Gasteiger partial charge < -0.3 is 10.5 Å². The standard InChI is InChI=1S/C22H27N3O/c1-5-26-19-9-7-6-8-15(19)20-16-12-14(22(2,3)4)10-11-18(16)25-21(24)17(20)13-23/h6-9,14H,5,10-12H2,1-4H3,(H2,24,25). The van der Waals surface area contributed by atoms with Gasteiger partial charge in [-0.15, -0.1) is 0 Å². The van der Waals surface area contributed by atoms with Gasteiger partial charge >= 0.3 is 0 Å². The lowest BCUT2D eigenvalue weighted by molar-refractivity contribution is 0.215. The van der Waals surface area contributed by atoms with Crippen molar-refractivity contribution in [2.24, 2.45) is 11.3 Å². The van der Waals surface area contributed by atoms with Gasteiger partial charge in [-0.1, -0.05) is 39.0 Å². The normalized spacial score (nSPS) is 16.7. The number of hydrogen-bond donors (Lipinski definition) is 1. The zero-order chi connectivity index (χ0) is 18.9. The van der Waals surface area contributed by atoms with Gasteiger partial charge in [0.25, 0.3) is 0 Å². The van der Waals surface area contributed by atoms with Crippen molar-refractivity contribution in [1.82, 2.24) is 4.98 Å². The average molecular weight is 349 g/mol. The summed E-state index contributed by atoms with van der Waals surface area (Å²) in [4.78, 5) is 4.58. The van der Waals surface area contributed by atoms with Crippen LogP contribution in [0.25, 0.3) is 11.1 Å². The topological polar surface area (TPSA) is 71.9 Å². The molecule has 2 aromatic rings. The van der Waals surface area contributed by atoms with Crippen molar-refractivity contribution in [2.75, 3.05) is 12.3 Å². The smallest absolute Gasteiger partial charge is 0.142 e. The maximum Gasteiger partial charge on any atom is 0.142 e. The molecule has 4 heteroatoms. The second-order valence-electron chi connectivity index (χ2n) is 8.02. The first-order valence-electron chi connectivity index (χ1n) is 9.30. The molecule has 0 radical (unpaired) electrons. The van der Waals surface area contributed by atoms with Crippen LogP contribution in [0.3, 0.4) is 0 Å². The molecular weight excluding hydrogens is 322 g/mol. The minimum Gasteiger partial charge on any atom is -0.493 e. The van der Waals surface area contributed by atoms with Crippen molar-refractivity contribution in [3.8, 4) is 22.9 Å². The van der Waals surface area contributed by atoms with Gasteiger partial charge in [-0.05, 0) is 49.1 Å². The second kappa shape index (κ2) is 6.99. The molecule has 4 nitrogen and oxygen atoms in total. The lowest BCUT2D eigenvalue weighted by Gasteiger charge is -2.36. The molecule has 0 fully saturated rings. The van der Waals surface area contributed by atoms with Crippen molar-refractivity contribution in [3.63, 3.8) is 0 Å². The quantitative estimate of drug-likeness (QED) is 0.868. The van der Waals surface area contributed by atoms with Crippen molar-refractivity contribution < 1.29 is 4.74 Å². The highest BCUT2D eigenvalue weighted by Gasteiger charge is 2.33. The Morgan fingerprint density at radius 3 is 2.69 bits per heavy atom. The van der Waals surface area contributed by atoms with Crippen molar-refractivity contribution >= 4 is 5.82 Å². The van der Waals surface area contributed by atoms with Gasteiger partial charge in [0.05, 0.1) is 6.61 Å². The van der Waals surface area contributed by atoms with Gasteiger partial charge in [-0.3, -0.25) is 0 Å². The Bertz CT molecular complexity index is 859. The first-order valence-corrected chi connectivity index (χ1v) is 9.30. The van der Waals surface area contributed by atoms with Crippen molar-refractivity contribution in [3.05, 3.63) is 41.1 Å². The molecule has 1 unspecified atom stereocenters. The van der Waals surface area contributed by atoms with E-state index in [-0.39, 0.29) is 5.41 Å². The number of anilines is 1. The van der Waals surface area contributed by atoms with E-state index in [0.717, 1.165) is 47.4 Å².